The predicted octanol–water partition coefficient (Wildman–Crippen LogP) is 5.11. The summed E-state index contributed by atoms with van der Waals surface area (Å²) in [6.45, 7) is 2.12. The minimum atomic E-state index is 0.954. The number of rotatable bonds is 4. The largest absolute Gasteiger partial charge is 0.302 e. The molecule has 0 unspecified atom stereocenters. The van der Waals surface area contributed by atoms with Crippen LogP contribution in [0.5, 0.6) is 0 Å². The van der Waals surface area contributed by atoms with E-state index >= 15 is 0 Å². The van der Waals surface area contributed by atoms with Gasteiger partial charge in [0.15, 0.2) is 11.8 Å². The lowest BCUT2D eigenvalue weighted by atomic mass is 10.1. The normalized spacial score (nSPS) is 11.6. The van der Waals surface area contributed by atoms with Gasteiger partial charge in [0.2, 0.25) is 0 Å². The quantitative estimate of drug-likeness (QED) is 0.236. The van der Waals surface area contributed by atoms with Gasteiger partial charge in [0.1, 0.15) is 11.2 Å². The number of hydrogen-bond donors (Lipinski definition) is 0. The van der Waals surface area contributed by atoms with Crippen LogP contribution in [0.3, 0.4) is 0 Å². The number of aliphatic imine (C=N–C) groups is 1. The van der Waals surface area contributed by atoms with Crippen LogP contribution >= 0.6 is 0 Å². The first-order valence-corrected chi connectivity index (χ1v) is 10.3. The van der Waals surface area contributed by atoms with Gasteiger partial charge in [-0.15, -0.1) is 0 Å². The van der Waals surface area contributed by atoms with E-state index in [1.54, 1.807) is 7.05 Å². The molecule has 2 aromatic heterocycles. The summed E-state index contributed by atoms with van der Waals surface area (Å²) in [7, 11) is 3.83. The Hall–Kier alpha value is -3.99. The van der Waals surface area contributed by atoms with E-state index in [2.05, 4.69) is 99.0 Å². The topological polar surface area (TPSA) is 37.3 Å². The van der Waals surface area contributed by atoms with Crippen LogP contribution in [0, 0.1) is 6.92 Å². The Balaban J connectivity index is 1.67. The molecule has 0 aliphatic carbocycles. The molecule has 0 aliphatic rings. The molecular formula is C26H24N5+. The van der Waals surface area contributed by atoms with Gasteiger partial charge in [-0.25, -0.2) is 9.13 Å². The van der Waals surface area contributed by atoms with E-state index in [9.17, 15) is 0 Å². The number of pyridine rings is 1. The monoisotopic (exact) mass is 406 g/mol. The molecule has 0 aliphatic heterocycles. The van der Waals surface area contributed by atoms with Crippen molar-refractivity contribution in [3.63, 3.8) is 0 Å². The lowest BCUT2D eigenvalue weighted by molar-refractivity contribution is -0.647. The Kier molecular flexibility index (Phi) is 4.71. The fourth-order valence-corrected chi connectivity index (χ4v) is 4.04. The van der Waals surface area contributed by atoms with Gasteiger partial charge in [-0.2, -0.15) is 0 Å². The number of imidazole rings is 1. The Labute approximate surface area is 181 Å². The molecular weight excluding hydrogens is 382 g/mol. The minimum absolute atomic E-state index is 0.954. The Morgan fingerprint density at radius 3 is 2.61 bits per heavy atom. The smallest absolute Gasteiger partial charge is 0.301 e. The van der Waals surface area contributed by atoms with Crippen LogP contribution in [0.4, 0.5) is 11.4 Å². The van der Waals surface area contributed by atoms with Crippen molar-refractivity contribution in [2.45, 2.75) is 6.92 Å². The molecule has 152 valence electrons. The van der Waals surface area contributed by atoms with Crippen LogP contribution in [0.25, 0.3) is 27.8 Å². The molecule has 0 saturated heterocycles. The van der Waals surface area contributed by atoms with Gasteiger partial charge in [-0.05, 0) is 42.8 Å². The van der Waals surface area contributed by atoms with Gasteiger partial charge in [-0.3, -0.25) is 4.99 Å². The molecule has 0 amide bonds. The Morgan fingerprint density at radius 1 is 0.968 bits per heavy atom. The van der Waals surface area contributed by atoms with Crippen LogP contribution in [-0.4, -0.2) is 22.9 Å². The summed E-state index contributed by atoms with van der Waals surface area (Å²) in [6.07, 6.45) is 3.95. The number of anilines is 2. The van der Waals surface area contributed by atoms with Crippen molar-refractivity contribution in [1.82, 2.24) is 9.55 Å². The molecule has 0 N–H and O–H groups in total. The van der Waals surface area contributed by atoms with E-state index in [0.29, 0.717) is 0 Å². The zero-order chi connectivity index (χ0) is 21.4. The fraction of sp³-hybridized carbons (Fsp3) is 0.115. The van der Waals surface area contributed by atoms with E-state index in [-0.39, 0.29) is 0 Å². The van der Waals surface area contributed by atoms with E-state index in [0.717, 1.165) is 39.1 Å². The number of aromatic nitrogens is 3. The maximum atomic E-state index is 4.88. The maximum Gasteiger partial charge on any atom is 0.302 e. The number of para-hydroxylation sites is 2. The highest BCUT2D eigenvalue weighted by Gasteiger charge is 2.18. The molecule has 0 radical (unpaired) electrons. The first-order valence-electron chi connectivity index (χ1n) is 10.3. The van der Waals surface area contributed by atoms with Crippen LogP contribution in [-0.2, 0) is 7.05 Å². The second-order valence-corrected chi connectivity index (χ2v) is 7.67. The van der Waals surface area contributed by atoms with Gasteiger partial charge in [0.05, 0.1) is 19.1 Å². The molecule has 0 bridgehead atoms. The van der Waals surface area contributed by atoms with Crippen molar-refractivity contribution in [2.75, 3.05) is 11.9 Å². The van der Waals surface area contributed by atoms with Gasteiger partial charge >= 0.3 is 5.65 Å². The Morgan fingerprint density at radius 2 is 1.77 bits per heavy atom. The molecule has 0 spiro atoms. The van der Waals surface area contributed by atoms with Crippen molar-refractivity contribution in [3.8, 4) is 5.69 Å². The zero-order valence-electron chi connectivity index (χ0n) is 17.9. The van der Waals surface area contributed by atoms with Crippen LogP contribution in [0.15, 0.2) is 90.2 Å². The van der Waals surface area contributed by atoms with Crippen LogP contribution in [0.1, 0.15) is 5.56 Å². The summed E-state index contributed by atoms with van der Waals surface area (Å²) < 4.78 is 4.26. The third kappa shape index (κ3) is 3.34. The van der Waals surface area contributed by atoms with E-state index in [1.165, 1.54) is 5.56 Å². The number of nitrogens with zero attached hydrogens (tertiary/aromatic N) is 5. The average Bonchev–Trinajstić information content (AvgIpc) is 3.12. The lowest BCUT2D eigenvalue weighted by Crippen LogP contribution is -2.26. The summed E-state index contributed by atoms with van der Waals surface area (Å²) in [5.74, 6) is 0. The van der Waals surface area contributed by atoms with Gasteiger partial charge in [-0.1, -0.05) is 47.4 Å². The highest BCUT2D eigenvalue weighted by Crippen LogP contribution is 2.29. The molecule has 2 heterocycles. The SMILES string of the molecule is C/N=C/N(c1cccc(-n2c[n+](C)c3nc4ccccc4cc32)c1)c1ccccc1C. The van der Waals surface area contributed by atoms with Crippen molar-refractivity contribution in [2.24, 2.45) is 12.0 Å². The predicted molar refractivity (Wildman–Crippen MR) is 127 cm³/mol. The molecule has 31 heavy (non-hydrogen) atoms. The first-order chi connectivity index (χ1) is 15.2. The molecule has 0 atom stereocenters. The third-order valence-electron chi connectivity index (χ3n) is 5.56. The minimum Gasteiger partial charge on any atom is -0.301 e. The second-order valence-electron chi connectivity index (χ2n) is 7.67. The summed E-state index contributed by atoms with van der Waals surface area (Å²) in [4.78, 5) is 11.3. The van der Waals surface area contributed by atoms with Crippen molar-refractivity contribution >= 4 is 39.8 Å². The molecule has 3 aromatic carbocycles. The summed E-state index contributed by atoms with van der Waals surface area (Å²) in [5, 5.41) is 1.13. The number of aryl methyl sites for hydroxylation is 2. The lowest BCUT2D eigenvalue weighted by Gasteiger charge is -2.22. The summed E-state index contributed by atoms with van der Waals surface area (Å²) >= 11 is 0. The molecule has 5 nitrogen and oxygen atoms in total. The summed E-state index contributed by atoms with van der Waals surface area (Å²) in [6, 6.07) is 27.3. The highest BCUT2D eigenvalue weighted by molar-refractivity contribution is 5.92. The number of fused-ring (bicyclic) bond motifs is 2. The van der Waals surface area contributed by atoms with Crippen molar-refractivity contribution in [1.29, 1.82) is 0 Å². The maximum absolute atomic E-state index is 4.88. The van der Waals surface area contributed by atoms with Crippen molar-refractivity contribution < 1.29 is 4.57 Å². The highest BCUT2D eigenvalue weighted by atomic mass is 15.2. The second kappa shape index (κ2) is 7.69. The molecule has 0 fully saturated rings. The number of benzene rings is 3. The standard InChI is InChI=1S/C26H24N5/c1-19-9-4-7-14-24(19)30(17-27-2)21-11-8-12-22(16-21)31-18-29(3)26-25(31)15-20-10-5-6-13-23(20)28-26/h4-18H,1-3H3/q+1/b27-17+. The molecule has 5 aromatic rings. The first kappa shape index (κ1) is 19.0. The zero-order valence-corrected chi connectivity index (χ0v) is 17.9. The van der Waals surface area contributed by atoms with Crippen molar-refractivity contribution in [3.05, 3.63) is 90.8 Å². The summed E-state index contributed by atoms with van der Waals surface area (Å²) in [5.41, 5.74) is 7.46. The van der Waals surface area contributed by atoms with E-state index < -0.39 is 0 Å². The van der Waals surface area contributed by atoms with Crippen LogP contribution in [0.2, 0.25) is 0 Å². The van der Waals surface area contributed by atoms with Crippen LogP contribution < -0.4 is 9.47 Å². The number of hydrogen-bond acceptors (Lipinski definition) is 2. The molecule has 5 rings (SSSR count). The van der Waals surface area contributed by atoms with Gasteiger partial charge in [0, 0.05) is 24.2 Å². The third-order valence-corrected chi connectivity index (χ3v) is 5.56. The average molecular weight is 407 g/mol. The molecule has 0 saturated carbocycles. The van der Waals surface area contributed by atoms with Gasteiger partial charge < -0.3 is 4.90 Å². The van der Waals surface area contributed by atoms with E-state index in [4.69, 9.17) is 4.98 Å². The Bertz CT molecular complexity index is 1430. The van der Waals surface area contributed by atoms with E-state index in [1.807, 2.05) is 25.5 Å². The van der Waals surface area contributed by atoms with Gasteiger partial charge in [0.25, 0.3) is 0 Å². The fourth-order valence-electron chi connectivity index (χ4n) is 4.04. The molecule has 5 heteroatoms.